The summed E-state index contributed by atoms with van der Waals surface area (Å²) in [4.78, 5) is 11.8. The molecule has 0 atom stereocenters. The maximum absolute atomic E-state index is 11.8. The Labute approximate surface area is 119 Å². The summed E-state index contributed by atoms with van der Waals surface area (Å²) >= 11 is 0. The summed E-state index contributed by atoms with van der Waals surface area (Å²) in [6, 6.07) is 9.28. The first-order chi connectivity index (χ1) is 9.75. The van der Waals surface area contributed by atoms with Crippen molar-refractivity contribution in [2.45, 2.75) is 12.8 Å². The van der Waals surface area contributed by atoms with Gasteiger partial charge in [-0.2, -0.15) is 5.10 Å². The number of hydrogen-bond donors (Lipinski definition) is 2. The van der Waals surface area contributed by atoms with Crippen molar-refractivity contribution >= 4 is 12.2 Å². The molecule has 1 aromatic carbocycles. The molecule has 0 bridgehead atoms. The van der Waals surface area contributed by atoms with Crippen molar-refractivity contribution < 1.29 is 4.79 Å². The second-order valence-electron chi connectivity index (χ2n) is 4.74. The molecule has 2 N–H and O–H groups in total. The van der Waals surface area contributed by atoms with Crippen LogP contribution in [0.25, 0.3) is 0 Å². The summed E-state index contributed by atoms with van der Waals surface area (Å²) in [5, 5.41) is 10.8. The zero-order chi connectivity index (χ0) is 14.2. The highest BCUT2D eigenvalue weighted by molar-refractivity contribution is 5.94. The molecule has 1 amide bonds. The number of rotatable bonds is 7. The van der Waals surface area contributed by atoms with E-state index in [-0.39, 0.29) is 5.91 Å². The van der Waals surface area contributed by atoms with Crippen LogP contribution < -0.4 is 10.7 Å². The number of nitrogens with zero attached hydrogens (tertiary/aromatic N) is 3. The minimum Gasteiger partial charge on any atom is -0.352 e. The monoisotopic (exact) mass is 275 g/mol. The van der Waals surface area contributed by atoms with Crippen molar-refractivity contribution in [3.05, 3.63) is 35.9 Å². The number of amides is 1. The zero-order valence-electron chi connectivity index (χ0n) is 11.7. The molecule has 0 saturated heterocycles. The highest BCUT2D eigenvalue weighted by Crippen LogP contribution is 1.98. The number of carbonyl (C=O) groups excluding carboxylic acids is 1. The first-order valence-corrected chi connectivity index (χ1v) is 6.84. The molecule has 0 fully saturated rings. The lowest BCUT2D eigenvalue weighted by molar-refractivity contribution is 0.0953. The molecule has 0 saturated carbocycles. The van der Waals surface area contributed by atoms with E-state index >= 15 is 0 Å². The lowest BCUT2D eigenvalue weighted by Gasteiger charge is -2.16. The van der Waals surface area contributed by atoms with E-state index < -0.39 is 0 Å². The molecular formula is C14H21N5O. The Morgan fingerprint density at radius 3 is 2.70 bits per heavy atom. The quantitative estimate of drug-likeness (QED) is 0.724. The Morgan fingerprint density at radius 1 is 1.25 bits per heavy atom. The van der Waals surface area contributed by atoms with Gasteiger partial charge in [0.05, 0.1) is 0 Å². The minimum atomic E-state index is -0.00754. The van der Waals surface area contributed by atoms with Crippen molar-refractivity contribution in [3.63, 3.8) is 0 Å². The second-order valence-corrected chi connectivity index (χ2v) is 4.74. The molecule has 1 aliphatic rings. The van der Waals surface area contributed by atoms with E-state index in [0.29, 0.717) is 12.1 Å². The van der Waals surface area contributed by atoms with Crippen LogP contribution in [-0.4, -0.2) is 49.1 Å². The molecule has 108 valence electrons. The van der Waals surface area contributed by atoms with E-state index in [1.54, 1.807) is 6.34 Å². The van der Waals surface area contributed by atoms with Gasteiger partial charge in [0.15, 0.2) is 0 Å². The second kappa shape index (κ2) is 7.49. The SMILES string of the molecule is CN1CN(NCCCCNC(=O)c2ccccc2)C=N1. The molecule has 20 heavy (non-hydrogen) atoms. The molecule has 1 heterocycles. The highest BCUT2D eigenvalue weighted by atomic mass is 16.1. The first kappa shape index (κ1) is 14.3. The van der Waals surface area contributed by atoms with E-state index in [0.717, 1.165) is 26.1 Å². The van der Waals surface area contributed by atoms with Crippen LogP contribution in [0.1, 0.15) is 23.2 Å². The Hall–Kier alpha value is -2.08. The number of benzene rings is 1. The zero-order valence-corrected chi connectivity index (χ0v) is 11.7. The van der Waals surface area contributed by atoms with Gasteiger partial charge >= 0.3 is 0 Å². The number of nitrogens with one attached hydrogen (secondary N) is 2. The van der Waals surface area contributed by atoms with E-state index in [1.165, 1.54) is 0 Å². The van der Waals surface area contributed by atoms with Crippen LogP contribution in [0.5, 0.6) is 0 Å². The van der Waals surface area contributed by atoms with Gasteiger partial charge < -0.3 is 5.32 Å². The van der Waals surface area contributed by atoms with Gasteiger partial charge in [-0.25, -0.2) is 5.43 Å². The number of unbranched alkanes of at least 4 members (excludes halogenated alkanes) is 1. The van der Waals surface area contributed by atoms with Gasteiger partial charge in [-0.15, -0.1) is 0 Å². The molecule has 1 aliphatic heterocycles. The first-order valence-electron chi connectivity index (χ1n) is 6.84. The molecule has 0 aromatic heterocycles. The summed E-state index contributed by atoms with van der Waals surface area (Å²) in [6.45, 7) is 2.34. The van der Waals surface area contributed by atoms with Gasteiger partial charge in [-0.1, -0.05) is 18.2 Å². The average Bonchev–Trinajstić information content (AvgIpc) is 2.89. The molecule has 2 rings (SSSR count). The third-order valence-electron chi connectivity index (χ3n) is 2.99. The summed E-state index contributed by atoms with van der Waals surface area (Å²) in [6.07, 6.45) is 3.73. The Bertz CT molecular complexity index is 448. The van der Waals surface area contributed by atoms with Crippen LogP contribution in [0.4, 0.5) is 0 Å². The summed E-state index contributed by atoms with van der Waals surface area (Å²) in [5.74, 6) is -0.00754. The van der Waals surface area contributed by atoms with Crippen molar-refractivity contribution in [2.75, 3.05) is 26.8 Å². The smallest absolute Gasteiger partial charge is 0.251 e. The van der Waals surface area contributed by atoms with E-state index in [4.69, 9.17) is 0 Å². The van der Waals surface area contributed by atoms with E-state index in [2.05, 4.69) is 15.8 Å². The summed E-state index contributed by atoms with van der Waals surface area (Å²) in [7, 11) is 1.93. The maximum atomic E-state index is 11.8. The lowest BCUT2D eigenvalue weighted by Crippen LogP contribution is -2.38. The van der Waals surface area contributed by atoms with Gasteiger partial charge in [-0.3, -0.25) is 14.8 Å². The van der Waals surface area contributed by atoms with Gasteiger partial charge in [0, 0.05) is 25.7 Å². The third-order valence-corrected chi connectivity index (χ3v) is 2.99. The molecule has 6 nitrogen and oxygen atoms in total. The molecule has 6 heteroatoms. The predicted octanol–water partition coefficient (Wildman–Crippen LogP) is 0.849. The third kappa shape index (κ3) is 4.55. The molecule has 1 aromatic rings. The summed E-state index contributed by atoms with van der Waals surface area (Å²) in [5.41, 5.74) is 3.97. The standard InChI is InChI=1S/C14H21N5O/c1-18-12-19(11-17-18)16-10-6-5-9-15-14(20)13-7-3-2-4-8-13/h2-4,7-8,11,16H,5-6,9-10,12H2,1H3,(H,15,20). The van der Waals surface area contributed by atoms with Gasteiger partial charge in [0.25, 0.3) is 5.91 Å². The van der Waals surface area contributed by atoms with Crippen molar-refractivity contribution in [3.8, 4) is 0 Å². The van der Waals surface area contributed by atoms with Crippen molar-refractivity contribution in [1.29, 1.82) is 0 Å². The maximum Gasteiger partial charge on any atom is 0.251 e. The normalized spacial score (nSPS) is 13.8. The Morgan fingerprint density at radius 2 is 2.00 bits per heavy atom. The molecular weight excluding hydrogens is 254 g/mol. The molecule has 0 unspecified atom stereocenters. The highest BCUT2D eigenvalue weighted by Gasteiger charge is 2.08. The fourth-order valence-corrected chi connectivity index (χ4v) is 1.90. The van der Waals surface area contributed by atoms with Crippen LogP contribution >= 0.6 is 0 Å². The van der Waals surface area contributed by atoms with Crippen LogP contribution in [0, 0.1) is 0 Å². The number of hydrogen-bond acceptors (Lipinski definition) is 5. The predicted molar refractivity (Wildman–Crippen MR) is 79.0 cm³/mol. The van der Waals surface area contributed by atoms with Crippen LogP contribution in [0.2, 0.25) is 0 Å². The van der Waals surface area contributed by atoms with Crippen molar-refractivity contribution in [2.24, 2.45) is 5.10 Å². The summed E-state index contributed by atoms with van der Waals surface area (Å²) < 4.78 is 0. The topological polar surface area (TPSA) is 60.0 Å². The van der Waals surface area contributed by atoms with Crippen LogP contribution in [0.3, 0.4) is 0 Å². The molecule has 0 aliphatic carbocycles. The largest absolute Gasteiger partial charge is 0.352 e. The Kier molecular flexibility index (Phi) is 5.37. The van der Waals surface area contributed by atoms with Crippen molar-refractivity contribution in [1.82, 2.24) is 20.8 Å². The lowest BCUT2D eigenvalue weighted by atomic mass is 10.2. The number of hydrazone groups is 1. The molecule has 0 radical (unpaired) electrons. The number of hydrazine groups is 1. The fourth-order valence-electron chi connectivity index (χ4n) is 1.90. The minimum absolute atomic E-state index is 0.00754. The van der Waals surface area contributed by atoms with Gasteiger partial charge in [-0.05, 0) is 25.0 Å². The fraction of sp³-hybridized carbons (Fsp3) is 0.429. The van der Waals surface area contributed by atoms with E-state index in [1.807, 2.05) is 47.4 Å². The Balaban J connectivity index is 1.52. The van der Waals surface area contributed by atoms with Crippen LogP contribution in [-0.2, 0) is 0 Å². The van der Waals surface area contributed by atoms with Gasteiger partial charge in [0.1, 0.15) is 13.0 Å². The average molecular weight is 275 g/mol. The molecule has 0 spiro atoms. The van der Waals surface area contributed by atoms with E-state index in [9.17, 15) is 4.79 Å². The van der Waals surface area contributed by atoms with Gasteiger partial charge in [0.2, 0.25) is 0 Å². The van der Waals surface area contributed by atoms with Crippen LogP contribution in [0.15, 0.2) is 35.4 Å². The number of carbonyl (C=O) groups is 1.